The molecule has 0 fully saturated rings. The molecule has 31 heavy (non-hydrogen) atoms. The highest BCUT2D eigenvalue weighted by Crippen LogP contribution is 2.42. The van der Waals surface area contributed by atoms with Gasteiger partial charge in [0.1, 0.15) is 11.5 Å². The van der Waals surface area contributed by atoms with Gasteiger partial charge in [-0.1, -0.05) is 48.5 Å². The fourth-order valence-electron chi connectivity index (χ4n) is 3.43. The first kappa shape index (κ1) is 20.8. The Kier molecular flexibility index (Phi) is 6.09. The highest BCUT2D eigenvalue weighted by molar-refractivity contribution is 8.03. The molecule has 1 aliphatic rings. The average Bonchev–Trinajstić information content (AvgIpc) is 3.07. The predicted octanol–water partition coefficient (Wildman–Crippen LogP) is 4.92. The molecule has 3 aromatic rings. The van der Waals surface area contributed by atoms with Crippen LogP contribution in [0, 0.1) is 0 Å². The molecule has 0 saturated carbocycles. The van der Waals surface area contributed by atoms with Crippen molar-refractivity contribution in [2.24, 2.45) is 0 Å². The van der Waals surface area contributed by atoms with Crippen molar-refractivity contribution in [3.05, 3.63) is 94.9 Å². The van der Waals surface area contributed by atoms with Crippen LogP contribution in [0.25, 0.3) is 5.57 Å². The summed E-state index contributed by atoms with van der Waals surface area (Å²) in [5, 5.41) is 0. The number of ether oxygens (including phenoxy) is 2. The Morgan fingerprint density at radius 2 is 1.45 bits per heavy atom. The van der Waals surface area contributed by atoms with E-state index in [1.807, 2.05) is 42.5 Å². The van der Waals surface area contributed by atoms with Crippen LogP contribution < -0.4 is 14.4 Å². The summed E-state index contributed by atoms with van der Waals surface area (Å²) in [4.78, 5) is 28.6. The molecule has 0 N–H and O–H groups in total. The van der Waals surface area contributed by atoms with E-state index in [0.717, 1.165) is 5.56 Å². The van der Waals surface area contributed by atoms with Crippen LogP contribution in [-0.2, 0) is 15.3 Å². The van der Waals surface area contributed by atoms with Gasteiger partial charge < -0.3 is 9.47 Å². The SMILES string of the molecule is COc1ccc(N2C(=O)C(SCc3ccccc3)=C(c3ccccc3OC)C2=O)cc1. The molecule has 0 aliphatic carbocycles. The van der Waals surface area contributed by atoms with Gasteiger partial charge >= 0.3 is 0 Å². The van der Waals surface area contributed by atoms with Crippen LogP contribution in [0.4, 0.5) is 5.69 Å². The van der Waals surface area contributed by atoms with E-state index in [0.29, 0.717) is 39.0 Å². The largest absolute Gasteiger partial charge is 0.497 e. The molecule has 2 amide bonds. The third-order valence-electron chi connectivity index (χ3n) is 4.97. The van der Waals surface area contributed by atoms with Crippen molar-refractivity contribution in [3.8, 4) is 11.5 Å². The summed E-state index contributed by atoms with van der Waals surface area (Å²) < 4.78 is 10.7. The lowest BCUT2D eigenvalue weighted by molar-refractivity contribution is -0.119. The molecule has 0 bridgehead atoms. The number of hydrogen-bond acceptors (Lipinski definition) is 5. The van der Waals surface area contributed by atoms with Crippen molar-refractivity contribution >= 4 is 34.8 Å². The Morgan fingerprint density at radius 1 is 0.774 bits per heavy atom. The molecule has 1 heterocycles. The monoisotopic (exact) mass is 431 g/mol. The van der Waals surface area contributed by atoms with Crippen molar-refractivity contribution in [3.63, 3.8) is 0 Å². The first-order chi connectivity index (χ1) is 15.1. The number of benzene rings is 3. The number of nitrogens with zero attached hydrogens (tertiary/aromatic N) is 1. The molecule has 1 aliphatic heterocycles. The molecule has 6 heteroatoms. The maximum absolute atomic E-state index is 13.5. The van der Waals surface area contributed by atoms with Gasteiger partial charge in [0, 0.05) is 11.3 Å². The van der Waals surface area contributed by atoms with Gasteiger partial charge in [-0.15, -0.1) is 11.8 Å². The van der Waals surface area contributed by atoms with Gasteiger partial charge in [0.25, 0.3) is 11.8 Å². The summed E-state index contributed by atoms with van der Waals surface area (Å²) in [6.07, 6.45) is 0. The van der Waals surface area contributed by atoms with Crippen LogP contribution in [0.2, 0.25) is 0 Å². The summed E-state index contributed by atoms with van der Waals surface area (Å²) in [5.41, 5.74) is 2.54. The van der Waals surface area contributed by atoms with Gasteiger partial charge in [-0.3, -0.25) is 9.59 Å². The number of hydrogen-bond donors (Lipinski definition) is 0. The number of imide groups is 1. The maximum atomic E-state index is 13.5. The number of carbonyl (C=O) groups is 2. The van der Waals surface area contributed by atoms with Crippen LogP contribution in [-0.4, -0.2) is 26.0 Å². The minimum absolute atomic E-state index is 0.336. The lowest BCUT2D eigenvalue weighted by Gasteiger charge is -2.16. The van der Waals surface area contributed by atoms with Gasteiger partial charge in [0.2, 0.25) is 0 Å². The van der Waals surface area contributed by atoms with E-state index in [2.05, 4.69) is 0 Å². The van der Waals surface area contributed by atoms with Crippen molar-refractivity contribution < 1.29 is 19.1 Å². The van der Waals surface area contributed by atoms with E-state index in [-0.39, 0.29) is 11.8 Å². The van der Waals surface area contributed by atoms with Crippen LogP contribution in [0.15, 0.2) is 83.8 Å². The van der Waals surface area contributed by atoms with Crippen molar-refractivity contribution in [1.29, 1.82) is 0 Å². The third-order valence-corrected chi connectivity index (χ3v) is 6.12. The van der Waals surface area contributed by atoms with Gasteiger partial charge in [-0.25, -0.2) is 4.90 Å². The Hall–Kier alpha value is -3.51. The predicted molar refractivity (Wildman–Crippen MR) is 123 cm³/mol. The molecule has 4 rings (SSSR count). The Morgan fingerprint density at radius 3 is 2.13 bits per heavy atom. The molecule has 156 valence electrons. The number of methoxy groups -OCH3 is 2. The smallest absolute Gasteiger partial charge is 0.272 e. The van der Waals surface area contributed by atoms with E-state index < -0.39 is 0 Å². The Balaban J connectivity index is 1.76. The average molecular weight is 432 g/mol. The zero-order chi connectivity index (χ0) is 21.8. The molecular weight excluding hydrogens is 410 g/mol. The molecule has 0 atom stereocenters. The van der Waals surface area contributed by atoms with E-state index >= 15 is 0 Å². The highest BCUT2D eigenvalue weighted by atomic mass is 32.2. The number of anilines is 1. The maximum Gasteiger partial charge on any atom is 0.272 e. The third kappa shape index (κ3) is 4.07. The number of para-hydroxylation sites is 1. The molecule has 0 unspecified atom stereocenters. The van der Waals surface area contributed by atoms with Crippen molar-refractivity contribution in [1.82, 2.24) is 0 Å². The fraction of sp³-hybridized carbons (Fsp3) is 0.120. The first-order valence-corrected chi connectivity index (χ1v) is 10.7. The Labute approximate surface area is 185 Å². The van der Waals surface area contributed by atoms with Gasteiger partial charge in [0.05, 0.1) is 30.4 Å². The number of carbonyl (C=O) groups excluding carboxylic acids is 2. The highest BCUT2D eigenvalue weighted by Gasteiger charge is 2.41. The normalized spacial score (nSPS) is 13.7. The van der Waals surface area contributed by atoms with E-state index in [9.17, 15) is 9.59 Å². The van der Waals surface area contributed by atoms with Crippen LogP contribution in [0.5, 0.6) is 11.5 Å². The van der Waals surface area contributed by atoms with Crippen LogP contribution >= 0.6 is 11.8 Å². The Bertz CT molecular complexity index is 1140. The summed E-state index contributed by atoms with van der Waals surface area (Å²) in [5.74, 6) is 1.07. The number of thioether (sulfide) groups is 1. The van der Waals surface area contributed by atoms with Gasteiger partial charge in [-0.2, -0.15) is 0 Å². The van der Waals surface area contributed by atoms with Crippen molar-refractivity contribution in [2.45, 2.75) is 5.75 Å². The molecule has 0 radical (unpaired) electrons. The second-order valence-electron chi connectivity index (χ2n) is 6.82. The summed E-state index contributed by atoms with van der Waals surface area (Å²) >= 11 is 1.36. The molecule has 3 aromatic carbocycles. The molecule has 5 nitrogen and oxygen atoms in total. The zero-order valence-electron chi connectivity index (χ0n) is 17.2. The zero-order valence-corrected chi connectivity index (χ0v) is 18.0. The topological polar surface area (TPSA) is 55.8 Å². The van der Waals surface area contributed by atoms with E-state index in [1.54, 1.807) is 50.6 Å². The molecule has 0 saturated heterocycles. The standard InChI is InChI=1S/C25H21NO4S/c1-29-19-14-12-18(13-15-19)26-24(27)22(20-10-6-7-11-21(20)30-2)23(25(26)28)31-16-17-8-4-3-5-9-17/h3-15H,16H2,1-2H3. The molecule has 0 aromatic heterocycles. The van der Waals surface area contributed by atoms with Crippen LogP contribution in [0.3, 0.4) is 0 Å². The fourth-order valence-corrected chi connectivity index (χ4v) is 4.49. The van der Waals surface area contributed by atoms with Gasteiger partial charge in [0.15, 0.2) is 0 Å². The second kappa shape index (κ2) is 9.10. The van der Waals surface area contributed by atoms with E-state index in [4.69, 9.17) is 9.47 Å². The lowest BCUT2D eigenvalue weighted by Crippen LogP contribution is -2.31. The number of amides is 2. The lowest BCUT2D eigenvalue weighted by atomic mass is 10.0. The van der Waals surface area contributed by atoms with Gasteiger partial charge in [-0.05, 0) is 35.9 Å². The number of rotatable bonds is 7. The summed E-state index contributed by atoms with van der Waals surface area (Å²) in [7, 11) is 3.12. The quantitative estimate of drug-likeness (QED) is 0.497. The van der Waals surface area contributed by atoms with E-state index in [1.165, 1.54) is 16.7 Å². The first-order valence-electron chi connectivity index (χ1n) is 9.71. The second-order valence-corrected chi connectivity index (χ2v) is 7.81. The van der Waals surface area contributed by atoms with Crippen LogP contribution in [0.1, 0.15) is 11.1 Å². The molecular formula is C25H21NO4S. The minimum Gasteiger partial charge on any atom is -0.497 e. The summed E-state index contributed by atoms with van der Waals surface area (Å²) in [6, 6.07) is 24.0. The molecule has 0 spiro atoms. The minimum atomic E-state index is -0.366. The van der Waals surface area contributed by atoms with Crippen molar-refractivity contribution in [2.75, 3.05) is 19.1 Å². The summed E-state index contributed by atoms with van der Waals surface area (Å²) in [6.45, 7) is 0.